The Balaban J connectivity index is 2.23. The molecule has 0 aromatic heterocycles. The number of hydrogen-bond acceptors (Lipinski definition) is 2. The minimum atomic E-state index is -0.859. The third kappa shape index (κ3) is 6.39. The van der Waals surface area contributed by atoms with E-state index in [0.29, 0.717) is 5.56 Å². The van der Waals surface area contributed by atoms with Crippen molar-refractivity contribution < 1.29 is 9.90 Å². The summed E-state index contributed by atoms with van der Waals surface area (Å²) in [6.07, 6.45) is 5.98. The summed E-state index contributed by atoms with van der Waals surface area (Å²) in [5, 5.41) is 8.82. The summed E-state index contributed by atoms with van der Waals surface area (Å²) in [6, 6.07) is 7.20. The van der Waals surface area contributed by atoms with Crippen LogP contribution in [0.25, 0.3) is 0 Å². The van der Waals surface area contributed by atoms with Gasteiger partial charge >= 0.3 is 5.97 Å². The Morgan fingerprint density at radius 2 is 1.74 bits per heavy atom. The molecule has 0 saturated carbocycles. The molecule has 1 rings (SSSR count). The van der Waals surface area contributed by atoms with Crippen LogP contribution in [-0.2, 0) is 6.42 Å². The predicted octanol–water partition coefficient (Wildman–Crippen LogP) is 3.44. The zero-order valence-corrected chi connectivity index (χ0v) is 12.1. The van der Waals surface area contributed by atoms with E-state index in [0.717, 1.165) is 19.4 Å². The highest BCUT2D eigenvalue weighted by Crippen LogP contribution is 2.07. The summed E-state index contributed by atoms with van der Waals surface area (Å²) in [5.41, 5.74) is 1.58. The van der Waals surface area contributed by atoms with E-state index in [1.54, 1.807) is 12.1 Å². The van der Waals surface area contributed by atoms with Gasteiger partial charge in [-0.15, -0.1) is 0 Å². The average Bonchev–Trinajstić information content (AvgIpc) is 2.39. The van der Waals surface area contributed by atoms with Crippen LogP contribution in [0.15, 0.2) is 24.3 Å². The van der Waals surface area contributed by atoms with Gasteiger partial charge in [0.2, 0.25) is 0 Å². The van der Waals surface area contributed by atoms with Crippen molar-refractivity contribution in [2.45, 2.75) is 39.0 Å². The number of rotatable bonds is 9. The summed E-state index contributed by atoms with van der Waals surface area (Å²) >= 11 is 0. The van der Waals surface area contributed by atoms with Crippen LogP contribution in [0.2, 0.25) is 0 Å². The molecule has 1 N–H and O–H groups in total. The van der Waals surface area contributed by atoms with E-state index in [1.165, 1.54) is 31.4 Å². The number of nitrogens with zero attached hydrogens (tertiary/aromatic N) is 1. The lowest BCUT2D eigenvalue weighted by Gasteiger charge is -2.16. The number of aryl methyl sites for hydroxylation is 1. The molecule has 0 spiro atoms. The summed E-state index contributed by atoms with van der Waals surface area (Å²) in [6.45, 7) is 4.50. The van der Waals surface area contributed by atoms with Crippen LogP contribution in [0.4, 0.5) is 0 Å². The Kier molecular flexibility index (Phi) is 7.19. The molecule has 0 bridgehead atoms. The number of carboxylic acids is 1. The monoisotopic (exact) mass is 263 g/mol. The average molecular weight is 263 g/mol. The van der Waals surface area contributed by atoms with E-state index in [1.807, 2.05) is 12.1 Å². The summed E-state index contributed by atoms with van der Waals surface area (Å²) in [7, 11) is 2.17. The lowest BCUT2D eigenvalue weighted by molar-refractivity contribution is 0.0697. The Morgan fingerprint density at radius 3 is 2.32 bits per heavy atom. The molecular weight excluding hydrogens is 238 g/mol. The van der Waals surface area contributed by atoms with Crippen molar-refractivity contribution in [2.24, 2.45) is 0 Å². The SMILES string of the molecule is CCCCCN(C)CCCc1ccc(C(=O)O)cc1. The maximum absolute atomic E-state index is 10.7. The van der Waals surface area contributed by atoms with Gasteiger partial charge in [0, 0.05) is 0 Å². The zero-order chi connectivity index (χ0) is 14.1. The van der Waals surface area contributed by atoms with Gasteiger partial charge in [0.05, 0.1) is 5.56 Å². The quantitative estimate of drug-likeness (QED) is 0.694. The highest BCUT2D eigenvalue weighted by atomic mass is 16.4. The van der Waals surface area contributed by atoms with Crippen LogP contribution in [0, 0.1) is 0 Å². The molecule has 0 radical (unpaired) electrons. The molecule has 0 aliphatic heterocycles. The molecule has 1 aromatic rings. The Bertz CT molecular complexity index is 373. The maximum atomic E-state index is 10.7. The van der Waals surface area contributed by atoms with Crippen LogP contribution in [0.3, 0.4) is 0 Å². The Labute approximate surface area is 116 Å². The van der Waals surface area contributed by atoms with Gasteiger partial charge in [-0.2, -0.15) is 0 Å². The molecule has 0 heterocycles. The fourth-order valence-electron chi connectivity index (χ4n) is 2.11. The smallest absolute Gasteiger partial charge is 0.335 e. The van der Waals surface area contributed by atoms with Crippen LogP contribution >= 0.6 is 0 Å². The van der Waals surface area contributed by atoms with Gasteiger partial charge in [-0.3, -0.25) is 0 Å². The minimum absolute atomic E-state index is 0.362. The molecule has 3 nitrogen and oxygen atoms in total. The largest absolute Gasteiger partial charge is 0.478 e. The molecule has 1 aromatic carbocycles. The summed E-state index contributed by atoms with van der Waals surface area (Å²) in [4.78, 5) is 13.1. The van der Waals surface area contributed by atoms with Crippen molar-refractivity contribution in [2.75, 3.05) is 20.1 Å². The van der Waals surface area contributed by atoms with Crippen LogP contribution in [0.5, 0.6) is 0 Å². The van der Waals surface area contributed by atoms with Crippen molar-refractivity contribution in [3.63, 3.8) is 0 Å². The second-order valence-electron chi connectivity index (χ2n) is 5.12. The second-order valence-corrected chi connectivity index (χ2v) is 5.12. The molecule has 0 aliphatic rings. The number of hydrogen-bond donors (Lipinski definition) is 1. The van der Waals surface area contributed by atoms with Crippen molar-refractivity contribution in [1.29, 1.82) is 0 Å². The molecule has 0 saturated heterocycles. The number of carbonyl (C=O) groups is 1. The van der Waals surface area contributed by atoms with E-state index >= 15 is 0 Å². The van der Waals surface area contributed by atoms with E-state index in [9.17, 15) is 4.79 Å². The highest BCUT2D eigenvalue weighted by molar-refractivity contribution is 5.87. The van der Waals surface area contributed by atoms with E-state index in [-0.39, 0.29) is 0 Å². The lowest BCUT2D eigenvalue weighted by Crippen LogP contribution is -2.21. The van der Waals surface area contributed by atoms with E-state index in [2.05, 4.69) is 18.9 Å². The maximum Gasteiger partial charge on any atom is 0.335 e. The number of carboxylic acid groups (broad SMARTS) is 1. The molecule has 0 atom stereocenters. The first-order valence-electron chi connectivity index (χ1n) is 7.14. The molecule has 0 aliphatic carbocycles. The highest BCUT2D eigenvalue weighted by Gasteiger charge is 2.02. The first kappa shape index (κ1) is 15.7. The standard InChI is InChI=1S/C16H25NO2/c1-3-4-5-12-17(2)13-6-7-14-8-10-15(11-9-14)16(18)19/h8-11H,3-7,12-13H2,1-2H3,(H,18,19). The van der Waals surface area contributed by atoms with Gasteiger partial charge in [-0.25, -0.2) is 4.79 Å². The van der Waals surface area contributed by atoms with Gasteiger partial charge in [-0.1, -0.05) is 31.9 Å². The second kappa shape index (κ2) is 8.70. The number of unbranched alkanes of at least 4 members (excludes halogenated alkanes) is 2. The van der Waals surface area contributed by atoms with Crippen molar-refractivity contribution in [3.05, 3.63) is 35.4 Å². The van der Waals surface area contributed by atoms with Crippen molar-refractivity contribution in [1.82, 2.24) is 4.90 Å². The summed E-state index contributed by atoms with van der Waals surface area (Å²) < 4.78 is 0. The van der Waals surface area contributed by atoms with Gasteiger partial charge < -0.3 is 10.0 Å². The third-order valence-corrected chi connectivity index (χ3v) is 3.35. The Hall–Kier alpha value is -1.35. The first-order chi connectivity index (χ1) is 9.13. The fourth-order valence-corrected chi connectivity index (χ4v) is 2.11. The normalized spacial score (nSPS) is 10.9. The molecular formula is C16H25NO2. The molecule has 106 valence electrons. The molecule has 3 heteroatoms. The van der Waals surface area contributed by atoms with Gasteiger partial charge in [0.25, 0.3) is 0 Å². The van der Waals surface area contributed by atoms with Crippen molar-refractivity contribution >= 4 is 5.97 Å². The molecule has 0 fully saturated rings. The minimum Gasteiger partial charge on any atom is -0.478 e. The molecule has 0 unspecified atom stereocenters. The van der Waals surface area contributed by atoms with Gasteiger partial charge in [-0.05, 0) is 57.1 Å². The first-order valence-corrected chi connectivity index (χ1v) is 7.14. The predicted molar refractivity (Wildman–Crippen MR) is 78.7 cm³/mol. The van der Waals surface area contributed by atoms with Crippen LogP contribution < -0.4 is 0 Å². The van der Waals surface area contributed by atoms with Gasteiger partial charge in [0.1, 0.15) is 0 Å². The van der Waals surface area contributed by atoms with Crippen LogP contribution in [-0.4, -0.2) is 36.1 Å². The van der Waals surface area contributed by atoms with E-state index < -0.39 is 5.97 Å². The Morgan fingerprint density at radius 1 is 1.11 bits per heavy atom. The molecule has 0 amide bonds. The zero-order valence-electron chi connectivity index (χ0n) is 12.1. The number of benzene rings is 1. The van der Waals surface area contributed by atoms with E-state index in [4.69, 9.17) is 5.11 Å². The third-order valence-electron chi connectivity index (χ3n) is 3.35. The number of aromatic carboxylic acids is 1. The van der Waals surface area contributed by atoms with Gasteiger partial charge in [0.15, 0.2) is 0 Å². The molecule has 19 heavy (non-hydrogen) atoms. The fraction of sp³-hybridized carbons (Fsp3) is 0.562. The summed E-state index contributed by atoms with van der Waals surface area (Å²) in [5.74, 6) is -0.859. The lowest BCUT2D eigenvalue weighted by atomic mass is 10.1. The van der Waals surface area contributed by atoms with Crippen molar-refractivity contribution in [3.8, 4) is 0 Å². The van der Waals surface area contributed by atoms with Crippen LogP contribution in [0.1, 0.15) is 48.5 Å². The topological polar surface area (TPSA) is 40.5 Å².